The Hall–Kier alpha value is -0.810. The lowest BCUT2D eigenvalue weighted by molar-refractivity contribution is -0.129. The van der Waals surface area contributed by atoms with Crippen molar-refractivity contribution in [1.29, 1.82) is 0 Å². The zero-order valence-electron chi connectivity index (χ0n) is 11.1. The summed E-state index contributed by atoms with van der Waals surface area (Å²) in [6, 6.07) is 5.47. The van der Waals surface area contributed by atoms with E-state index in [0.29, 0.717) is 16.6 Å². The highest BCUT2D eigenvalue weighted by molar-refractivity contribution is 6.35. The number of nitrogens with two attached hydrogens (primary N) is 1. The Morgan fingerprint density at radius 1 is 1.35 bits per heavy atom. The minimum Gasteiger partial charge on any atom is -0.383 e. The van der Waals surface area contributed by atoms with Gasteiger partial charge in [0.15, 0.2) is 0 Å². The standard InChI is InChI=1S/C14H18Cl2N2O2/c15-11-2-1-3-12(16)10(11)8-18-6-4-9(5-7-18)13(19)14(17)20/h1-3,9,13,19H,4-8H2,(H2,17,20)/t13-/m1/s1. The molecule has 20 heavy (non-hydrogen) atoms. The summed E-state index contributed by atoms with van der Waals surface area (Å²) in [7, 11) is 0. The summed E-state index contributed by atoms with van der Waals surface area (Å²) in [6.07, 6.45) is 0.444. The van der Waals surface area contributed by atoms with E-state index in [9.17, 15) is 9.90 Å². The van der Waals surface area contributed by atoms with E-state index in [1.54, 1.807) is 0 Å². The largest absolute Gasteiger partial charge is 0.383 e. The number of carbonyl (C=O) groups is 1. The minimum absolute atomic E-state index is 0.0505. The first-order valence-electron chi connectivity index (χ1n) is 6.61. The molecule has 1 aliphatic rings. The van der Waals surface area contributed by atoms with Gasteiger partial charge in [-0.2, -0.15) is 0 Å². The van der Waals surface area contributed by atoms with E-state index < -0.39 is 12.0 Å². The molecule has 4 nitrogen and oxygen atoms in total. The van der Waals surface area contributed by atoms with E-state index in [1.165, 1.54) is 0 Å². The highest BCUT2D eigenvalue weighted by Crippen LogP contribution is 2.28. The monoisotopic (exact) mass is 316 g/mol. The molecule has 1 aliphatic heterocycles. The van der Waals surface area contributed by atoms with Gasteiger partial charge >= 0.3 is 0 Å². The number of carbonyl (C=O) groups excluding carboxylic acids is 1. The Bertz CT molecular complexity index is 468. The molecule has 1 saturated heterocycles. The summed E-state index contributed by atoms with van der Waals surface area (Å²) >= 11 is 12.3. The van der Waals surface area contributed by atoms with Gasteiger partial charge in [0.05, 0.1) is 0 Å². The average molecular weight is 317 g/mol. The number of nitrogens with zero attached hydrogens (tertiary/aromatic N) is 1. The van der Waals surface area contributed by atoms with Crippen LogP contribution in [0.25, 0.3) is 0 Å². The quantitative estimate of drug-likeness (QED) is 0.893. The van der Waals surface area contributed by atoms with Gasteiger partial charge in [0, 0.05) is 22.2 Å². The van der Waals surface area contributed by atoms with Crippen molar-refractivity contribution in [2.45, 2.75) is 25.5 Å². The smallest absolute Gasteiger partial charge is 0.246 e. The summed E-state index contributed by atoms with van der Waals surface area (Å²) < 4.78 is 0. The van der Waals surface area contributed by atoms with Crippen molar-refractivity contribution in [3.05, 3.63) is 33.8 Å². The molecule has 3 N–H and O–H groups in total. The van der Waals surface area contributed by atoms with Crippen LogP contribution in [0.1, 0.15) is 18.4 Å². The van der Waals surface area contributed by atoms with E-state index in [2.05, 4.69) is 4.90 Å². The fourth-order valence-electron chi connectivity index (χ4n) is 2.57. The van der Waals surface area contributed by atoms with Crippen LogP contribution in [-0.4, -0.2) is 35.1 Å². The molecule has 1 aromatic carbocycles. The Balaban J connectivity index is 1.93. The van der Waals surface area contributed by atoms with Gasteiger partial charge < -0.3 is 10.8 Å². The second-order valence-corrected chi connectivity index (χ2v) is 5.98. The lowest BCUT2D eigenvalue weighted by Crippen LogP contribution is -2.42. The van der Waals surface area contributed by atoms with Crippen molar-refractivity contribution in [3.8, 4) is 0 Å². The van der Waals surface area contributed by atoms with Crippen LogP contribution in [-0.2, 0) is 11.3 Å². The fourth-order valence-corrected chi connectivity index (χ4v) is 3.08. The van der Waals surface area contributed by atoms with E-state index in [-0.39, 0.29) is 5.92 Å². The van der Waals surface area contributed by atoms with Crippen LogP contribution in [0.5, 0.6) is 0 Å². The van der Waals surface area contributed by atoms with Crippen molar-refractivity contribution >= 4 is 29.1 Å². The second kappa shape index (κ2) is 6.76. The van der Waals surface area contributed by atoms with Crippen molar-refractivity contribution in [2.24, 2.45) is 11.7 Å². The summed E-state index contributed by atoms with van der Waals surface area (Å²) in [5.74, 6) is -0.692. The maximum atomic E-state index is 11.0. The first kappa shape index (κ1) is 15.6. The van der Waals surface area contributed by atoms with Gasteiger partial charge in [-0.15, -0.1) is 0 Å². The topological polar surface area (TPSA) is 66.6 Å². The van der Waals surface area contributed by atoms with E-state index >= 15 is 0 Å². The van der Waals surface area contributed by atoms with E-state index in [1.807, 2.05) is 18.2 Å². The number of piperidine rings is 1. The molecule has 110 valence electrons. The zero-order valence-corrected chi connectivity index (χ0v) is 12.6. The second-order valence-electron chi connectivity index (χ2n) is 5.16. The molecule has 0 spiro atoms. The molecule has 1 amide bonds. The van der Waals surface area contributed by atoms with Crippen LogP contribution in [0, 0.1) is 5.92 Å². The van der Waals surface area contributed by atoms with Gasteiger partial charge in [-0.1, -0.05) is 29.3 Å². The minimum atomic E-state index is -1.04. The van der Waals surface area contributed by atoms with E-state index in [0.717, 1.165) is 31.5 Å². The van der Waals surface area contributed by atoms with Gasteiger partial charge in [-0.25, -0.2) is 0 Å². The summed E-state index contributed by atoms with van der Waals surface area (Å²) in [5, 5.41) is 11.0. The number of aliphatic hydroxyl groups is 1. The molecular weight excluding hydrogens is 299 g/mol. The lowest BCUT2D eigenvalue weighted by atomic mass is 9.90. The molecule has 0 unspecified atom stereocenters. The number of likely N-dealkylation sites (tertiary alicyclic amines) is 1. The predicted octanol–water partition coefficient (Wildman–Crippen LogP) is 2.05. The van der Waals surface area contributed by atoms with Gasteiger partial charge in [-0.3, -0.25) is 9.69 Å². The Morgan fingerprint density at radius 3 is 2.40 bits per heavy atom. The molecule has 1 fully saturated rings. The number of amides is 1. The maximum absolute atomic E-state index is 11.0. The Morgan fingerprint density at radius 2 is 1.90 bits per heavy atom. The first-order valence-corrected chi connectivity index (χ1v) is 7.37. The number of primary amides is 1. The molecule has 6 heteroatoms. The first-order chi connectivity index (χ1) is 9.49. The van der Waals surface area contributed by atoms with Crippen LogP contribution in [0.3, 0.4) is 0 Å². The number of halogens is 2. The third-order valence-corrected chi connectivity index (χ3v) is 4.52. The molecule has 0 aliphatic carbocycles. The molecule has 0 saturated carbocycles. The predicted molar refractivity (Wildman–Crippen MR) is 79.7 cm³/mol. The van der Waals surface area contributed by atoms with Crippen LogP contribution >= 0.6 is 23.2 Å². The summed E-state index contributed by atoms with van der Waals surface area (Å²) in [4.78, 5) is 13.2. The van der Waals surface area contributed by atoms with Crippen molar-refractivity contribution in [2.75, 3.05) is 13.1 Å². The van der Waals surface area contributed by atoms with Gasteiger partial charge in [0.25, 0.3) is 0 Å². The molecule has 0 aromatic heterocycles. The molecule has 1 aromatic rings. The fraction of sp³-hybridized carbons (Fsp3) is 0.500. The third-order valence-electron chi connectivity index (χ3n) is 3.81. The summed E-state index contributed by atoms with van der Waals surface area (Å²) in [5.41, 5.74) is 6.05. The van der Waals surface area contributed by atoms with Crippen molar-refractivity contribution in [3.63, 3.8) is 0 Å². The number of rotatable bonds is 4. The number of hydrogen-bond donors (Lipinski definition) is 2. The normalized spacial score (nSPS) is 18.9. The highest BCUT2D eigenvalue weighted by Gasteiger charge is 2.28. The van der Waals surface area contributed by atoms with Crippen LogP contribution < -0.4 is 5.73 Å². The van der Waals surface area contributed by atoms with Crippen LogP contribution in [0.2, 0.25) is 10.0 Å². The van der Waals surface area contributed by atoms with Crippen LogP contribution in [0.4, 0.5) is 0 Å². The van der Waals surface area contributed by atoms with Crippen molar-refractivity contribution in [1.82, 2.24) is 4.90 Å². The average Bonchev–Trinajstić information content (AvgIpc) is 2.43. The Labute approximate surface area is 128 Å². The lowest BCUT2D eigenvalue weighted by Gasteiger charge is -2.33. The maximum Gasteiger partial charge on any atom is 0.246 e. The molecule has 0 bridgehead atoms. The van der Waals surface area contributed by atoms with Crippen molar-refractivity contribution < 1.29 is 9.90 Å². The van der Waals surface area contributed by atoms with Crippen LogP contribution in [0.15, 0.2) is 18.2 Å². The molecule has 1 atom stereocenters. The van der Waals surface area contributed by atoms with Gasteiger partial charge in [-0.05, 0) is 44.0 Å². The zero-order chi connectivity index (χ0) is 14.7. The molecule has 2 rings (SSSR count). The van der Waals surface area contributed by atoms with Gasteiger partial charge in [0.1, 0.15) is 6.10 Å². The summed E-state index contributed by atoms with van der Waals surface area (Å²) in [6.45, 7) is 2.25. The van der Waals surface area contributed by atoms with Gasteiger partial charge in [0.2, 0.25) is 5.91 Å². The highest BCUT2D eigenvalue weighted by atomic mass is 35.5. The molecule has 0 radical (unpaired) electrons. The number of benzene rings is 1. The number of aliphatic hydroxyl groups excluding tert-OH is 1. The SMILES string of the molecule is NC(=O)[C@H](O)C1CCN(Cc2c(Cl)cccc2Cl)CC1. The van der Waals surface area contributed by atoms with E-state index in [4.69, 9.17) is 28.9 Å². The number of hydrogen-bond acceptors (Lipinski definition) is 3. The third kappa shape index (κ3) is 3.64. The molecular formula is C14H18Cl2N2O2. The Kier molecular flexibility index (Phi) is 5.27. The molecule has 1 heterocycles.